The highest BCUT2D eigenvalue weighted by Gasteiger charge is 2.05. The fraction of sp³-hybridized carbons (Fsp3) is 0.417. The summed E-state index contributed by atoms with van der Waals surface area (Å²) in [4.78, 5) is 11.1. The Hall–Kier alpha value is -0.830. The number of aryl methyl sites for hydroxylation is 1. The molecule has 1 amide bonds. The van der Waals surface area contributed by atoms with Crippen molar-refractivity contribution in [1.29, 1.82) is 0 Å². The molecule has 0 fully saturated rings. The molecule has 0 saturated heterocycles. The third-order valence-corrected chi connectivity index (χ3v) is 2.75. The molecule has 0 aliphatic heterocycles. The first-order valence-corrected chi connectivity index (χ1v) is 6.23. The van der Waals surface area contributed by atoms with Crippen molar-refractivity contribution in [3.63, 3.8) is 0 Å². The van der Waals surface area contributed by atoms with Crippen molar-refractivity contribution in [1.82, 2.24) is 5.32 Å². The summed E-state index contributed by atoms with van der Waals surface area (Å²) in [5.41, 5.74) is 1.32. The first-order chi connectivity index (χ1) is 7.22. The number of hydrogen-bond acceptors (Lipinski definition) is 1. The summed E-state index contributed by atoms with van der Waals surface area (Å²) in [7, 11) is 0. The first kappa shape index (κ1) is 12.2. The van der Waals surface area contributed by atoms with Gasteiger partial charge in [0.2, 0.25) is 5.91 Å². The van der Waals surface area contributed by atoms with Crippen molar-refractivity contribution in [2.75, 3.05) is 5.33 Å². The van der Waals surface area contributed by atoms with Crippen molar-refractivity contribution in [2.45, 2.75) is 25.8 Å². The Balaban J connectivity index is 2.28. The first-order valence-electron chi connectivity index (χ1n) is 5.11. The van der Waals surface area contributed by atoms with Gasteiger partial charge in [-0.1, -0.05) is 46.3 Å². The van der Waals surface area contributed by atoms with Crippen LogP contribution in [0, 0.1) is 0 Å². The zero-order chi connectivity index (χ0) is 11.1. The molecule has 1 atom stereocenters. The lowest BCUT2D eigenvalue weighted by Crippen LogP contribution is -2.33. The fourth-order valence-electron chi connectivity index (χ4n) is 1.41. The molecule has 2 nitrogen and oxygen atoms in total. The van der Waals surface area contributed by atoms with Gasteiger partial charge in [-0.2, -0.15) is 0 Å². The van der Waals surface area contributed by atoms with E-state index in [1.807, 2.05) is 25.1 Å². The molecule has 1 aromatic rings. The van der Waals surface area contributed by atoms with E-state index >= 15 is 0 Å². The van der Waals surface area contributed by atoms with Gasteiger partial charge in [0, 0.05) is 6.04 Å². The second kappa shape index (κ2) is 6.62. The number of carbonyl (C=O) groups excluding carboxylic acids is 1. The number of alkyl halides is 1. The molecule has 0 bridgehead atoms. The lowest BCUT2D eigenvalue weighted by Gasteiger charge is -2.12. The summed E-state index contributed by atoms with van der Waals surface area (Å²) in [6.07, 6.45) is 1.98. The van der Waals surface area contributed by atoms with Crippen LogP contribution in [0.25, 0.3) is 0 Å². The molecule has 3 heteroatoms. The van der Waals surface area contributed by atoms with Gasteiger partial charge in [0.1, 0.15) is 0 Å². The third-order valence-electron chi connectivity index (χ3n) is 2.24. The summed E-state index contributed by atoms with van der Waals surface area (Å²) in [5, 5.41) is 3.29. The molecule has 1 rings (SSSR count). The highest BCUT2D eigenvalue weighted by atomic mass is 79.9. The minimum absolute atomic E-state index is 0.0514. The quantitative estimate of drug-likeness (QED) is 0.818. The Bertz CT molecular complexity index is 300. The Morgan fingerprint density at radius 2 is 2.07 bits per heavy atom. The maximum Gasteiger partial charge on any atom is 0.230 e. The van der Waals surface area contributed by atoms with E-state index in [0.29, 0.717) is 5.33 Å². The van der Waals surface area contributed by atoms with Gasteiger partial charge in [0.25, 0.3) is 0 Å². The molecule has 15 heavy (non-hydrogen) atoms. The Labute approximate surface area is 99.2 Å². The van der Waals surface area contributed by atoms with Gasteiger partial charge in [-0.15, -0.1) is 0 Å². The number of amides is 1. The highest BCUT2D eigenvalue weighted by molar-refractivity contribution is 9.09. The predicted octanol–water partition coefficient (Wildman–Crippen LogP) is 2.52. The van der Waals surface area contributed by atoms with E-state index in [4.69, 9.17) is 0 Å². The number of carbonyl (C=O) groups is 1. The average Bonchev–Trinajstić information content (AvgIpc) is 2.27. The molecule has 0 heterocycles. The minimum Gasteiger partial charge on any atom is -0.353 e. The monoisotopic (exact) mass is 269 g/mol. The van der Waals surface area contributed by atoms with Crippen LogP contribution >= 0.6 is 15.9 Å². The molecule has 1 N–H and O–H groups in total. The lowest BCUT2D eigenvalue weighted by molar-refractivity contribution is -0.119. The normalized spacial score (nSPS) is 12.1. The van der Waals surface area contributed by atoms with Crippen molar-refractivity contribution in [3.8, 4) is 0 Å². The molecule has 0 aliphatic carbocycles. The highest BCUT2D eigenvalue weighted by Crippen LogP contribution is 2.04. The van der Waals surface area contributed by atoms with E-state index in [2.05, 4.69) is 33.4 Å². The van der Waals surface area contributed by atoms with E-state index in [0.717, 1.165) is 12.8 Å². The second-order valence-electron chi connectivity index (χ2n) is 3.63. The molecule has 0 radical (unpaired) electrons. The van der Waals surface area contributed by atoms with Gasteiger partial charge in [-0.3, -0.25) is 4.79 Å². The fourth-order valence-corrected chi connectivity index (χ4v) is 1.58. The predicted molar refractivity (Wildman–Crippen MR) is 66.2 cm³/mol. The SMILES string of the molecule is CC(CCc1ccccc1)NC(=O)CBr. The van der Waals surface area contributed by atoms with Crippen molar-refractivity contribution >= 4 is 21.8 Å². The Morgan fingerprint density at radius 1 is 1.40 bits per heavy atom. The van der Waals surface area contributed by atoms with Gasteiger partial charge >= 0.3 is 0 Å². The number of halogens is 1. The zero-order valence-corrected chi connectivity index (χ0v) is 10.5. The molecule has 1 aromatic carbocycles. The van der Waals surface area contributed by atoms with E-state index in [1.165, 1.54) is 5.56 Å². The van der Waals surface area contributed by atoms with Crippen molar-refractivity contribution in [2.24, 2.45) is 0 Å². The van der Waals surface area contributed by atoms with E-state index in [1.54, 1.807) is 0 Å². The molecule has 1 unspecified atom stereocenters. The van der Waals surface area contributed by atoms with Gasteiger partial charge in [-0.25, -0.2) is 0 Å². The maximum absolute atomic E-state index is 11.1. The van der Waals surface area contributed by atoms with Crippen LogP contribution in [-0.2, 0) is 11.2 Å². The van der Waals surface area contributed by atoms with Crippen molar-refractivity contribution < 1.29 is 4.79 Å². The summed E-state index contributed by atoms with van der Waals surface area (Å²) in [6.45, 7) is 2.03. The van der Waals surface area contributed by atoms with Gasteiger partial charge < -0.3 is 5.32 Å². The summed E-state index contributed by atoms with van der Waals surface area (Å²) >= 11 is 3.13. The number of nitrogens with one attached hydrogen (secondary N) is 1. The Kier molecular flexibility index (Phi) is 5.40. The summed E-state index contributed by atoms with van der Waals surface area (Å²) in [6, 6.07) is 10.5. The van der Waals surface area contributed by atoms with Crippen molar-refractivity contribution in [3.05, 3.63) is 35.9 Å². The zero-order valence-electron chi connectivity index (χ0n) is 8.87. The summed E-state index contributed by atoms with van der Waals surface area (Å²) < 4.78 is 0. The lowest BCUT2D eigenvalue weighted by atomic mass is 10.1. The molecule has 0 saturated carbocycles. The molecular weight excluding hydrogens is 254 g/mol. The van der Waals surface area contributed by atoms with E-state index in [-0.39, 0.29) is 11.9 Å². The maximum atomic E-state index is 11.1. The van der Waals surface area contributed by atoms with Gasteiger partial charge in [0.05, 0.1) is 5.33 Å². The van der Waals surface area contributed by atoms with Gasteiger partial charge in [-0.05, 0) is 25.3 Å². The number of rotatable bonds is 5. The topological polar surface area (TPSA) is 29.1 Å². The van der Waals surface area contributed by atoms with Crippen LogP contribution in [0.15, 0.2) is 30.3 Å². The largest absolute Gasteiger partial charge is 0.353 e. The molecule has 0 aromatic heterocycles. The van der Waals surface area contributed by atoms with Crippen LogP contribution < -0.4 is 5.32 Å². The van der Waals surface area contributed by atoms with E-state index < -0.39 is 0 Å². The van der Waals surface area contributed by atoms with Crippen LogP contribution in [0.5, 0.6) is 0 Å². The third kappa shape index (κ3) is 4.98. The summed E-state index contributed by atoms with van der Waals surface area (Å²) in [5.74, 6) is 0.0514. The second-order valence-corrected chi connectivity index (χ2v) is 4.19. The Morgan fingerprint density at radius 3 is 2.67 bits per heavy atom. The van der Waals surface area contributed by atoms with Crippen LogP contribution in [0.3, 0.4) is 0 Å². The van der Waals surface area contributed by atoms with Crippen LogP contribution in [0.2, 0.25) is 0 Å². The molecule has 0 aliphatic rings. The molecular formula is C12H16BrNO. The van der Waals surface area contributed by atoms with E-state index in [9.17, 15) is 4.79 Å². The molecule has 82 valence electrons. The average molecular weight is 270 g/mol. The van der Waals surface area contributed by atoms with Crippen LogP contribution in [0.4, 0.5) is 0 Å². The van der Waals surface area contributed by atoms with Crippen LogP contribution in [-0.4, -0.2) is 17.3 Å². The smallest absolute Gasteiger partial charge is 0.230 e. The standard InChI is InChI=1S/C12H16BrNO/c1-10(14-12(15)9-13)7-8-11-5-3-2-4-6-11/h2-6,10H,7-9H2,1H3,(H,14,15). The number of benzene rings is 1. The molecule has 0 spiro atoms. The van der Waals surface area contributed by atoms with Crippen LogP contribution in [0.1, 0.15) is 18.9 Å². The number of hydrogen-bond donors (Lipinski definition) is 1. The minimum atomic E-state index is 0.0514. The van der Waals surface area contributed by atoms with Gasteiger partial charge in [0.15, 0.2) is 0 Å².